The molecule has 0 radical (unpaired) electrons. The molecule has 1 aliphatic rings. The summed E-state index contributed by atoms with van der Waals surface area (Å²) in [5, 5.41) is 13.3. The lowest BCUT2D eigenvalue weighted by molar-refractivity contribution is 0.472. The van der Waals surface area contributed by atoms with Gasteiger partial charge in [-0.1, -0.05) is 30.5 Å². The Bertz CT molecular complexity index is 334. The van der Waals surface area contributed by atoms with Crippen molar-refractivity contribution >= 4 is 11.6 Å². The van der Waals surface area contributed by atoms with E-state index in [0.29, 0.717) is 11.1 Å². The summed E-state index contributed by atoms with van der Waals surface area (Å²) in [4.78, 5) is 0. The van der Waals surface area contributed by atoms with Crippen molar-refractivity contribution in [3.8, 4) is 5.75 Å². The van der Waals surface area contributed by atoms with E-state index in [1.165, 1.54) is 25.7 Å². The first-order valence-corrected chi connectivity index (χ1v) is 5.84. The van der Waals surface area contributed by atoms with Crippen LogP contribution in [-0.4, -0.2) is 11.1 Å². The fraction of sp³-hybridized carbons (Fsp3) is 0.500. The van der Waals surface area contributed by atoms with Crippen LogP contribution in [0.5, 0.6) is 5.75 Å². The van der Waals surface area contributed by atoms with Crippen LogP contribution in [0.1, 0.15) is 31.2 Å². The number of hydrogen-bond acceptors (Lipinski definition) is 2. The first kappa shape index (κ1) is 10.8. The van der Waals surface area contributed by atoms with Crippen molar-refractivity contribution in [2.75, 3.05) is 0 Å². The van der Waals surface area contributed by atoms with Gasteiger partial charge in [0.2, 0.25) is 0 Å². The van der Waals surface area contributed by atoms with Gasteiger partial charge in [0.1, 0.15) is 5.75 Å². The summed E-state index contributed by atoms with van der Waals surface area (Å²) < 4.78 is 0. The van der Waals surface area contributed by atoms with Crippen LogP contribution in [0.25, 0.3) is 0 Å². The first-order chi connectivity index (χ1) is 7.25. The second-order valence-corrected chi connectivity index (χ2v) is 4.56. The normalized spacial score (nSPS) is 17.1. The molecule has 2 N–H and O–H groups in total. The molecule has 0 saturated heterocycles. The predicted octanol–water partition coefficient (Wildman–Crippen LogP) is 3.08. The van der Waals surface area contributed by atoms with Gasteiger partial charge in [-0.05, 0) is 30.5 Å². The lowest BCUT2D eigenvalue weighted by Crippen LogP contribution is -2.25. The Morgan fingerprint density at radius 3 is 2.73 bits per heavy atom. The zero-order valence-corrected chi connectivity index (χ0v) is 9.43. The molecule has 0 aromatic heterocycles. The first-order valence-electron chi connectivity index (χ1n) is 5.46. The van der Waals surface area contributed by atoms with E-state index in [1.54, 1.807) is 12.1 Å². The average molecular weight is 226 g/mol. The Kier molecular flexibility index (Phi) is 3.49. The third kappa shape index (κ3) is 2.86. The highest BCUT2D eigenvalue weighted by Gasteiger charge is 2.13. The molecule has 0 heterocycles. The molecule has 0 amide bonds. The molecule has 0 bridgehead atoms. The van der Waals surface area contributed by atoms with Gasteiger partial charge in [0.05, 0.1) is 5.02 Å². The van der Waals surface area contributed by atoms with Gasteiger partial charge >= 0.3 is 0 Å². The van der Waals surface area contributed by atoms with E-state index in [-0.39, 0.29) is 5.75 Å². The number of phenols is 1. The van der Waals surface area contributed by atoms with Gasteiger partial charge in [0, 0.05) is 12.6 Å². The molecule has 1 aromatic rings. The monoisotopic (exact) mass is 225 g/mol. The average Bonchev–Trinajstić information content (AvgIpc) is 2.73. The molecule has 3 heteroatoms. The van der Waals surface area contributed by atoms with Crippen LogP contribution >= 0.6 is 11.6 Å². The molecule has 1 saturated carbocycles. The highest BCUT2D eigenvalue weighted by molar-refractivity contribution is 6.31. The highest BCUT2D eigenvalue weighted by atomic mass is 35.5. The van der Waals surface area contributed by atoms with Gasteiger partial charge in [-0.3, -0.25) is 0 Å². The molecule has 1 aliphatic carbocycles. The van der Waals surface area contributed by atoms with Crippen molar-refractivity contribution < 1.29 is 5.11 Å². The molecule has 0 spiro atoms. The summed E-state index contributed by atoms with van der Waals surface area (Å²) in [6, 6.07) is 6.07. The van der Waals surface area contributed by atoms with Gasteiger partial charge in [0.15, 0.2) is 0 Å². The minimum atomic E-state index is 0.169. The van der Waals surface area contributed by atoms with E-state index in [2.05, 4.69) is 5.32 Å². The smallest absolute Gasteiger partial charge is 0.134 e. The van der Waals surface area contributed by atoms with Crippen LogP contribution in [0.2, 0.25) is 5.02 Å². The number of halogens is 1. The van der Waals surface area contributed by atoms with Crippen molar-refractivity contribution in [2.24, 2.45) is 0 Å². The van der Waals surface area contributed by atoms with Crippen molar-refractivity contribution in [3.05, 3.63) is 28.8 Å². The van der Waals surface area contributed by atoms with Crippen molar-refractivity contribution in [2.45, 2.75) is 38.3 Å². The number of aromatic hydroxyl groups is 1. The van der Waals surface area contributed by atoms with E-state index in [0.717, 1.165) is 12.1 Å². The summed E-state index contributed by atoms with van der Waals surface area (Å²) in [6.07, 6.45) is 5.23. The van der Waals surface area contributed by atoms with Crippen molar-refractivity contribution in [1.29, 1.82) is 0 Å². The van der Waals surface area contributed by atoms with E-state index in [4.69, 9.17) is 11.6 Å². The molecule has 0 unspecified atom stereocenters. The van der Waals surface area contributed by atoms with Crippen molar-refractivity contribution in [1.82, 2.24) is 5.32 Å². The van der Waals surface area contributed by atoms with Gasteiger partial charge in [0.25, 0.3) is 0 Å². The predicted molar refractivity (Wildman–Crippen MR) is 62.2 cm³/mol. The van der Waals surface area contributed by atoms with E-state index in [1.807, 2.05) is 6.07 Å². The Hall–Kier alpha value is -0.730. The van der Waals surface area contributed by atoms with Gasteiger partial charge in [-0.2, -0.15) is 0 Å². The minimum Gasteiger partial charge on any atom is -0.506 e. The maximum absolute atomic E-state index is 9.43. The molecule has 2 nitrogen and oxygen atoms in total. The van der Waals surface area contributed by atoms with E-state index in [9.17, 15) is 5.11 Å². The van der Waals surface area contributed by atoms with E-state index >= 15 is 0 Å². The maximum atomic E-state index is 9.43. The van der Waals surface area contributed by atoms with Crippen LogP contribution in [-0.2, 0) is 6.54 Å². The van der Waals surface area contributed by atoms with E-state index < -0.39 is 0 Å². The topological polar surface area (TPSA) is 32.3 Å². The second-order valence-electron chi connectivity index (χ2n) is 4.15. The Labute approximate surface area is 95.3 Å². The van der Waals surface area contributed by atoms with Crippen LogP contribution in [0.4, 0.5) is 0 Å². The second kappa shape index (κ2) is 4.86. The van der Waals surface area contributed by atoms with Gasteiger partial charge in [-0.15, -0.1) is 0 Å². The molecule has 1 aromatic carbocycles. The largest absolute Gasteiger partial charge is 0.506 e. The zero-order chi connectivity index (χ0) is 10.7. The fourth-order valence-corrected chi connectivity index (χ4v) is 2.18. The standard InChI is InChI=1S/C12H16ClNO/c13-11-6-5-9(7-12(11)15)8-14-10-3-1-2-4-10/h5-7,10,14-15H,1-4,8H2. The molecule has 1 fully saturated rings. The lowest BCUT2D eigenvalue weighted by atomic mass is 10.2. The van der Waals surface area contributed by atoms with Gasteiger partial charge < -0.3 is 10.4 Å². The number of phenolic OH excluding ortho intramolecular Hbond substituents is 1. The highest BCUT2D eigenvalue weighted by Crippen LogP contribution is 2.24. The summed E-state index contributed by atoms with van der Waals surface area (Å²) in [5.74, 6) is 0.169. The quantitative estimate of drug-likeness (QED) is 0.829. The van der Waals surface area contributed by atoms with Gasteiger partial charge in [-0.25, -0.2) is 0 Å². The molecule has 82 valence electrons. The SMILES string of the molecule is Oc1cc(CNC2CCCC2)ccc1Cl. The van der Waals surface area contributed by atoms with Crippen LogP contribution in [0.3, 0.4) is 0 Å². The fourth-order valence-electron chi connectivity index (χ4n) is 2.06. The summed E-state index contributed by atoms with van der Waals surface area (Å²) in [7, 11) is 0. The third-order valence-electron chi connectivity index (χ3n) is 2.96. The minimum absolute atomic E-state index is 0.169. The Balaban J connectivity index is 1.90. The van der Waals surface area contributed by atoms with Crippen molar-refractivity contribution in [3.63, 3.8) is 0 Å². The molecule has 0 atom stereocenters. The lowest BCUT2D eigenvalue weighted by Gasteiger charge is -2.11. The number of nitrogens with one attached hydrogen (secondary N) is 1. The molecule has 0 aliphatic heterocycles. The molecular weight excluding hydrogens is 210 g/mol. The summed E-state index contributed by atoms with van der Waals surface area (Å²) in [6.45, 7) is 0.815. The maximum Gasteiger partial charge on any atom is 0.134 e. The number of rotatable bonds is 3. The van der Waals surface area contributed by atoms with Crippen LogP contribution in [0, 0.1) is 0 Å². The van der Waals surface area contributed by atoms with Crippen LogP contribution in [0.15, 0.2) is 18.2 Å². The number of hydrogen-bond donors (Lipinski definition) is 2. The van der Waals surface area contributed by atoms with Crippen LogP contribution < -0.4 is 5.32 Å². The zero-order valence-electron chi connectivity index (χ0n) is 8.67. The third-order valence-corrected chi connectivity index (χ3v) is 3.28. The number of benzene rings is 1. The molecule has 2 rings (SSSR count). The Morgan fingerprint density at radius 1 is 1.33 bits per heavy atom. The molecule has 15 heavy (non-hydrogen) atoms. The Morgan fingerprint density at radius 2 is 2.07 bits per heavy atom. The molecular formula is C12H16ClNO. The summed E-state index contributed by atoms with van der Waals surface area (Å²) >= 11 is 5.74. The summed E-state index contributed by atoms with van der Waals surface area (Å²) in [5.41, 5.74) is 1.09.